The van der Waals surface area contributed by atoms with Crippen molar-refractivity contribution in [1.82, 2.24) is 15.3 Å². The lowest BCUT2D eigenvalue weighted by atomic mass is 9.93. The van der Waals surface area contributed by atoms with E-state index in [-0.39, 0.29) is 0 Å². The van der Waals surface area contributed by atoms with Gasteiger partial charge in [0.1, 0.15) is 5.82 Å². The minimum absolute atomic E-state index is 0.483. The van der Waals surface area contributed by atoms with Gasteiger partial charge in [-0.05, 0) is 50.2 Å². The molecule has 1 aliphatic heterocycles. The van der Waals surface area contributed by atoms with Crippen LogP contribution >= 0.6 is 0 Å². The molecule has 3 N–H and O–H groups in total. The van der Waals surface area contributed by atoms with E-state index in [9.17, 15) is 0 Å². The van der Waals surface area contributed by atoms with Gasteiger partial charge in [0.2, 0.25) is 0 Å². The number of rotatable bonds is 3. The maximum Gasteiger partial charge on any atom is 0.132 e. The molecule has 5 nitrogen and oxygen atoms in total. The average Bonchev–Trinajstić information content (AvgIpc) is 2.58. The molecule has 1 aliphatic rings. The molecule has 1 fully saturated rings. The summed E-state index contributed by atoms with van der Waals surface area (Å²) in [5.74, 6) is 1.00. The van der Waals surface area contributed by atoms with Crippen LogP contribution in [0.4, 0.5) is 5.82 Å². The summed E-state index contributed by atoms with van der Waals surface area (Å²) in [5.41, 5.74) is 9.61. The number of aliphatic imine (C=N–C) groups is 1. The molecule has 0 amide bonds. The Kier molecular flexibility index (Phi) is 4.44. The van der Waals surface area contributed by atoms with Crippen LogP contribution in [0.2, 0.25) is 0 Å². The Labute approximate surface area is 130 Å². The number of pyridine rings is 2. The molecular formula is C17H21N5. The molecule has 0 unspecified atom stereocenters. The molecule has 2 aromatic rings. The van der Waals surface area contributed by atoms with Crippen LogP contribution < -0.4 is 11.1 Å². The SMILES string of the molecule is CN=C(c1cccc(C2CCNCC2)n1)c1cccnc1N. The molecule has 0 spiro atoms. The van der Waals surface area contributed by atoms with Crippen LogP contribution in [-0.2, 0) is 0 Å². The Hall–Kier alpha value is -2.27. The fourth-order valence-corrected chi connectivity index (χ4v) is 2.92. The third-order valence-corrected chi connectivity index (χ3v) is 4.09. The first-order valence-electron chi connectivity index (χ1n) is 7.65. The van der Waals surface area contributed by atoms with Gasteiger partial charge in [0, 0.05) is 30.4 Å². The maximum atomic E-state index is 5.99. The van der Waals surface area contributed by atoms with Crippen molar-refractivity contribution in [2.75, 3.05) is 25.9 Å². The third-order valence-electron chi connectivity index (χ3n) is 4.09. The molecule has 0 bridgehead atoms. The molecule has 3 heterocycles. The normalized spacial score (nSPS) is 16.7. The summed E-state index contributed by atoms with van der Waals surface area (Å²) in [4.78, 5) is 13.4. The molecule has 0 atom stereocenters. The van der Waals surface area contributed by atoms with Gasteiger partial charge in [-0.2, -0.15) is 0 Å². The van der Waals surface area contributed by atoms with Crippen LogP contribution in [0.25, 0.3) is 0 Å². The number of anilines is 1. The molecule has 5 heteroatoms. The largest absolute Gasteiger partial charge is 0.383 e. The smallest absolute Gasteiger partial charge is 0.132 e. The second-order valence-electron chi connectivity index (χ2n) is 5.48. The van der Waals surface area contributed by atoms with E-state index >= 15 is 0 Å². The molecule has 2 aromatic heterocycles. The van der Waals surface area contributed by atoms with Gasteiger partial charge in [-0.3, -0.25) is 9.98 Å². The predicted octanol–water partition coefficient (Wildman–Crippen LogP) is 1.99. The highest BCUT2D eigenvalue weighted by atomic mass is 14.9. The van der Waals surface area contributed by atoms with Crippen molar-refractivity contribution in [2.24, 2.45) is 4.99 Å². The number of nitrogens with zero attached hydrogens (tertiary/aromatic N) is 3. The minimum Gasteiger partial charge on any atom is -0.383 e. The van der Waals surface area contributed by atoms with Crippen molar-refractivity contribution in [3.63, 3.8) is 0 Å². The zero-order valence-corrected chi connectivity index (χ0v) is 12.8. The van der Waals surface area contributed by atoms with Gasteiger partial charge in [0.05, 0.1) is 11.4 Å². The van der Waals surface area contributed by atoms with Gasteiger partial charge in [0.15, 0.2) is 0 Å². The summed E-state index contributed by atoms with van der Waals surface area (Å²) in [7, 11) is 1.76. The van der Waals surface area contributed by atoms with Gasteiger partial charge >= 0.3 is 0 Å². The Balaban J connectivity index is 1.95. The lowest BCUT2D eigenvalue weighted by Gasteiger charge is -2.22. The van der Waals surface area contributed by atoms with E-state index in [4.69, 9.17) is 10.7 Å². The van der Waals surface area contributed by atoms with Gasteiger partial charge < -0.3 is 11.1 Å². The number of hydrogen-bond donors (Lipinski definition) is 2. The Morgan fingerprint density at radius 3 is 2.77 bits per heavy atom. The first-order valence-corrected chi connectivity index (χ1v) is 7.65. The second kappa shape index (κ2) is 6.66. The number of nitrogens with one attached hydrogen (secondary N) is 1. The first kappa shape index (κ1) is 14.7. The van der Waals surface area contributed by atoms with Crippen molar-refractivity contribution in [3.05, 3.63) is 53.5 Å². The summed E-state index contributed by atoms with van der Waals surface area (Å²) in [6.07, 6.45) is 3.94. The Morgan fingerprint density at radius 1 is 1.23 bits per heavy atom. The van der Waals surface area contributed by atoms with Gasteiger partial charge in [0.25, 0.3) is 0 Å². The van der Waals surface area contributed by atoms with Gasteiger partial charge in [-0.15, -0.1) is 0 Å². The van der Waals surface area contributed by atoms with Crippen LogP contribution in [-0.4, -0.2) is 35.8 Å². The molecule has 0 radical (unpaired) electrons. The first-order chi connectivity index (χ1) is 10.8. The minimum atomic E-state index is 0.483. The van der Waals surface area contributed by atoms with Crippen LogP contribution in [0.15, 0.2) is 41.5 Å². The lowest BCUT2D eigenvalue weighted by Crippen LogP contribution is -2.27. The third kappa shape index (κ3) is 2.99. The van der Waals surface area contributed by atoms with Crippen molar-refractivity contribution in [1.29, 1.82) is 0 Å². The number of hydrogen-bond acceptors (Lipinski definition) is 5. The highest BCUT2D eigenvalue weighted by Gasteiger charge is 2.18. The summed E-state index contributed by atoms with van der Waals surface area (Å²) in [6.45, 7) is 2.11. The summed E-state index contributed by atoms with van der Waals surface area (Å²) in [5, 5.41) is 3.39. The zero-order valence-electron chi connectivity index (χ0n) is 12.8. The van der Waals surface area contributed by atoms with E-state index in [0.29, 0.717) is 11.7 Å². The van der Waals surface area contributed by atoms with Crippen LogP contribution in [0.1, 0.15) is 35.7 Å². The number of nitrogen functional groups attached to an aromatic ring is 1. The van der Waals surface area contributed by atoms with E-state index in [2.05, 4.69) is 27.4 Å². The van der Waals surface area contributed by atoms with E-state index < -0.39 is 0 Å². The van der Waals surface area contributed by atoms with Crippen LogP contribution in [0, 0.1) is 0 Å². The fourth-order valence-electron chi connectivity index (χ4n) is 2.92. The molecule has 0 aliphatic carbocycles. The van der Waals surface area contributed by atoms with E-state index in [1.807, 2.05) is 18.2 Å². The topological polar surface area (TPSA) is 76.2 Å². The summed E-state index contributed by atoms with van der Waals surface area (Å²) >= 11 is 0. The van der Waals surface area contributed by atoms with E-state index in [0.717, 1.165) is 48.6 Å². The molecular weight excluding hydrogens is 274 g/mol. The quantitative estimate of drug-likeness (QED) is 0.849. The Bertz CT molecular complexity index is 674. The van der Waals surface area contributed by atoms with Crippen LogP contribution in [0.5, 0.6) is 0 Å². The lowest BCUT2D eigenvalue weighted by molar-refractivity contribution is 0.453. The summed E-state index contributed by atoms with van der Waals surface area (Å²) in [6, 6.07) is 9.95. The van der Waals surface area contributed by atoms with Crippen molar-refractivity contribution < 1.29 is 0 Å². The zero-order chi connectivity index (χ0) is 15.4. The van der Waals surface area contributed by atoms with Gasteiger partial charge in [-0.25, -0.2) is 4.98 Å². The molecule has 0 saturated carbocycles. The van der Waals surface area contributed by atoms with E-state index in [1.54, 1.807) is 13.2 Å². The fraction of sp³-hybridized carbons (Fsp3) is 0.353. The second-order valence-corrected chi connectivity index (χ2v) is 5.48. The van der Waals surface area contributed by atoms with Crippen molar-refractivity contribution in [3.8, 4) is 0 Å². The molecule has 3 rings (SSSR count). The van der Waals surface area contributed by atoms with E-state index in [1.165, 1.54) is 0 Å². The highest BCUT2D eigenvalue weighted by molar-refractivity contribution is 6.14. The molecule has 114 valence electrons. The standard InChI is InChI=1S/C17H21N5/c1-19-16(13-4-3-9-21-17(13)18)15-6-2-5-14(22-15)12-7-10-20-11-8-12/h2-6,9,12,20H,7-8,10-11H2,1H3,(H2,18,21). The number of aromatic nitrogens is 2. The molecule has 1 saturated heterocycles. The summed E-state index contributed by atoms with van der Waals surface area (Å²) < 4.78 is 0. The van der Waals surface area contributed by atoms with Crippen LogP contribution in [0.3, 0.4) is 0 Å². The predicted molar refractivity (Wildman–Crippen MR) is 89.3 cm³/mol. The highest BCUT2D eigenvalue weighted by Crippen LogP contribution is 2.24. The van der Waals surface area contributed by atoms with Crippen molar-refractivity contribution >= 4 is 11.5 Å². The molecule has 0 aromatic carbocycles. The van der Waals surface area contributed by atoms with Crippen molar-refractivity contribution in [2.45, 2.75) is 18.8 Å². The Morgan fingerprint density at radius 2 is 2.05 bits per heavy atom. The number of nitrogens with two attached hydrogens (primary N) is 1. The van der Waals surface area contributed by atoms with Gasteiger partial charge in [-0.1, -0.05) is 6.07 Å². The molecule has 22 heavy (non-hydrogen) atoms. The number of piperidine rings is 1. The average molecular weight is 295 g/mol. The maximum absolute atomic E-state index is 5.99. The monoisotopic (exact) mass is 295 g/mol.